The number of pyridine rings is 1. The van der Waals surface area contributed by atoms with Gasteiger partial charge in [0.1, 0.15) is 5.82 Å². The molecule has 2 saturated heterocycles. The zero-order valence-corrected chi connectivity index (χ0v) is 18.4. The van der Waals surface area contributed by atoms with Crippen molar-refractivity contribution in [2.45, 2.75) is 32.1 Å². The highest BCUT2D eigenvalue weighted by molar-refractivity contribution is 5.80. The number of piperazine rings is 1. The Balaban J connectivity index is 1.25. The van der Waals surface area contributed by atoms with Crippen LogP contribution in [0, 0.1) is 0 Å². The lowest BCUT2D eigenvalue weighted by Crippen LogP contribution is -2.52. The molecule has 7 heteroatoms. The summed E-state index contributed by atoms with van der Waals surface area (Å²) in [6, 6.07) is 14.7. The van der Waals surface area contributed by atoms with E-state index in [1.165, 1.54) is 11.1 Å². The van der Waals surface area contributed by atoms with Gasteiger partial charge in [-0.15, -0.1) is 0 Å². The quantitative estimate of drug-likeness (QED) is 0.569. The molecule has 2 fully saturated rings. The van der Waals surface area contributed by atoms with Crippen LogP contribution in [0.5, 0.6) is 0 Å². The predicted molar refractivity (Wildman–Crippen MR) is 123 cm³/mol. The van der Waals surface area contributed by atoms with Crippen molar-refractivity contribution >= 4 is 11.8 Å². The number of aromatic nitrogens is 1. The third-order valence-electron chi connectivity index (χ3n) is 5.86. The summed E-state index contributed by atoms with van der Waals surface area (Å²) in [5, 5.41) is 3.53. The summed E-state index contributed by atoms with van der Waals surface area (Å²) in [5.74, 6) is 1.99. The molecular formula is C24H33N5O2. The molecule has 1 aromatic carbocycles. The first kappa shape index (κ1) is 21.6. The molecule has 0 amide bonds. The van der Waals surface area contributed by atoms with Crippen LogP contribution in [0.25, 0.3) is 0 Å². The predicted octanol–water partition coefficient (Wildman–Crippen LogP) is 2.67. The number of guanidine groups is 1. The van der Waals surface area contributed by atoms with E-state index in [1.807, 2.05) is 25.4 Å². The first-order valence-electron chi connectivity index (χ1n) is 11.2. The summed E-state index contributed by atoms with van der Waals surface area (Å²) in [6.07, 6.45) is 4.15. The van der Waals surface area contributed by atoms with Gasteiger partial charge in [-0.1, -0.05) is 30.3 Å². The zero-order chi connectivity index (χ0) is 21.3. The molecule has 0 unspecified atom stereocenters. The molecule has 1 N–H and O–H groups in total. The van der Waals surface area contributed by atoms with Gasteiger partial charge in [0, 0.05) is 59.2 Å². The minimum atomic E-state index is 0.319. The molecule has 0 aliphatic carbocycles. The van der Waals surface area contributed by atoms with Crippen LogP contribution in [0.3, 0.4) is 0 Å². The van der Waals surface area contributed by atoms with E-state index in [0.29, 0.717) is 12.7 Å². The van der Waals surface area contributed by atoms with Crippen LogP contribution < -0.4 is 10.2 Å². The second kappa shape index (κ2) is 11.1. The number of hydrogen-bond acceptors (Lipinski definition) is 5. The zero-order valence-electron chi connectivity index (χ0n) is 18.4. The fourth-order valence-corrected chi connectivity index (χ4v) is 4.09. The maximum Gasteiger partial charge on any atom is 0.194 e. The van der Waals surface area contributed by atoms with Crippen molar-refractivity contribution in [2.24, 2.45) is 4.99 Å². The van der Waals surface area contributed by atoms with Crippen LogP contribution in [0.15, 0.2) is 53.7 Å². The summed E-state index contributed by atoms with van der Waals surface area (Å²) in [4.78, 5) is 13.6. The lowest BCUT2D eigenvalue weighted by atomic mass is 10.1. The summed E-state index contributed by atoms with van der Waals surface area (Å²) < 4.78 is 11.5. The molecule has 0 radical (unpaired) electrons. The van der Waals surface area contributed by atoms with Crippen LogP contribution in [0.1, 0.15) is 24.0 Å². The van der Waals surface area contributed by atoms with Gasteiger partial charge in [0.05, 0.1) is 12.7 Å². The van der Waals surface area contributed by atoms with Crippen molar-refractivity contribution in [3.8, 4) is 0 Å². The summed E-state index contributed by atoms with van der Waals surface area (Å²) in [7, 11) is 1.85. The van der Waals surface area contributed by atoms with E-state index < -0.39 is 0 Å². The van der Waals surface area contributed by atoms with Crippen LogP contribution in [-0.4, -0.2) is 68.4 Å². The van der Waals surface area contributed by atoms with Crippen molar-refractivity contribution in [2.75, 3.05) is 51.3 Å². The van der Waals surface area contributed by atoms with Crippen molar-refractivity contribution < 1.29 is 9.47 Å². The molecule has 7 nitrogen and oxygen atoms in total. The van der Waals surface area contributed by atoms with Crippen molar-refractivity contribution in [1.29, 1.82) is 0 Å². The Labute approximate surface area is 185 Å². The smallest absolute Gasteiger partial charge is 0.194 e. The number of nitrogens with zero attached hydrogens (tertiary/aromatic N) is 4. The van der Waals surface area contributed by atoms with Gasteiger partial charge in [0.25, 0.3) is 0 Å². The molecule has 0 spiro atoms. The van der Waals surface area contributed by atoms with Crippen LogP contribution in [0.2, 0.25) is 0 Å². The monoisotopic (exact) mass is 423 g/mol. The van der Waals surface area contributed by atoms with E-state index in [2.05, 4.69) is 55.4 Å². The Morgan fingerprint density at radius 3 is 2.65 bits per heavy atom. The molecule has 1 aromatic heterocycles. The second-order valence-electron chi connectivity index (χ2n) is 8.01. The third-order valence-corrected chi connectivity index (χ3v) is 5.86. The van der Waals surface area contributed by atoms with Crippen molar-refractivity contribution in [3.63, 3.8) is 0 Å². The van der Waals surface area contributed by atoms with Crippen molar-refractivity contribution in [1.82, 2.24) is 15.2 Å². The molecule has 0 bridgehead atoms. The second-order valence-corrected chi connectivity index (χ2v) is 8.01. The molecule has 0 atom stereocenters. The van der Waals surface area contributed by atoms with Gasteiger partial charge in [0.15, 0.2) is 5.96 Å². The van der Waals surface area contributed by atoms with Gasteiger partial charge in [-0.05, 0) is 36.1 Å². The summed E-state index contributed by atoms with van der Waals surface area (Å²) in [5.41, 5.74) is 2.45. The van der Waals surface area contributed by atoms with E-state index in [9.17, 15) is 0 Å². The normalized spacial score (nSPS) is 18.3. The summed E-state index contributed by atoms with van der Waals surface area (Å²) in [6.45, 7) is 6.76. The average Bonchev–Trinajstić information content (AvgIpc) is 2.85. The topological polar surface area (TPSA) is 62.2 Å². The lowest BCUT2D eigenvalue weighted by molar-refractivity contribution is -0.0390. The number of benzene rings is 1. The van der Waals surface area contributed by atoms with Gasteiger partial charge in [-0.2, -0.15) is 0 Å². The number of anilines is 1. The van der Waals surface area contributed by atoms with E-state index in [-0.39, 0.29) is 0 Å². The maximum atomic E-state index is 6.07. The van der Waals surface area contributed by atoms with E-state index in [1.54, 1.807) is 0 Å². The van der Waals surface area contributed by atoms with E-state index in [0.717, 1.165) is 70.6 Å². The SMILES string of the molecule is CN=C(NCc1cccc(COC2CCOCC2)c1)N1CCN(c2ccccn2)CC1. The summed E-state index contributed by atoms with van der Waals surface area (Å²) >= 11 is 0. The Morgan fingerprint density at radius 1 is 1.10 bits per heavy atom. The maximum absolute atomic E-state index is 6.07. The Hall–Kier alpha value is -2.64. The molecule has 2 aliphatic heterocycles. The van der Waals surface area contributed by atoms with Crippen LogP contribution in [0.4, 0.5) is 5.82 Å². The Morgan fingerprint density at radius 2 is 1.90 bits per heavy atom. The molecule has 31 heavy (non-hydrogen) atoms. The van der Waals surface area contributed by atoms with Crippen LogP contribution in [-0.2, 0) is 22.6 Å². The highest BCUT2D eigenvalue weighted by atomic mass is 16.5. The minimum Gasteiger partial charge on any atom is -0.381 e. The molecule has 4 rings (SSSR count). The standard InChI is InChI=1S/C24H33N5O2/c1-25-24(29-13-11-28(12-14-29)23-7-2-3-10-26-23)27-18-20-5-4-6-21(17-20)19-31-22-8-15-30-16-9-22/h2-7,10,17,22H,8-9,11-16,18-19H2,1H3,(H,25,27). The van der Waals surface area contributed by atoms with Gasteiger partial charge in [0.2, 0.25) is 0 Å². The highest BCUT2D eigenvalue weighted by Gasteiger charge is 2.20. The van der Waals surface area contributed by atoms with Crippen LogP contribution >= 0.6 is 0 Å². The van der Waals surface area contributed by atoms with Gasteiger partial charge in [-0.3, -0.25) is 4.99 Å². The number of aliphatic imine (C=N–C) groups is 1. The molecule has 3 heterocycles. The fraction of sp³-hybridized carbons (Fsp3) is 0.500. The largest absolute Gasteiger partial charge is 0.381 e. The Bertz CT molecular complexity index is 831. The highest BCUT2D eigenvalue weighted by Crippen LogP contribution is 2.15. The number of nitrogens with one attached hydrogen (secondary N) is 1. The number of hydrogen-bond donors (Lipinski definition) is 1. The van der Waals surface area contributed by atoms with Gasteiger partial charge < -0.3 is 24.6 Å². The fourth-order valence-electron chi connectivity index (χ4n) is 4.09. The molecule has 2 aliphatic rings. The van der Waals surface area contributed by atoms with Gasteiger partial charge in [-0.25, -0.2) is 4.98 Å². The average molecular weight is 424 g/mol. The Kier molecular flexibility index (Phi) is 7.74. The minimum absolute atomic E-state index is 0.319. The first-order valence-corrected chi connectivity index (χ1v) is 11.2. The number of ether oxygens (including phenoxy) is 2. The van der Waals surface area contributed by atoms with E-state index in [4.69, 9.17) is 9.47 Å². The first-order chi connectivity index (χ1) is 15.3. The van der Waals surface area contributed by atoms with Crippen molar-refractivity contribution in [3.05, 3.63) is 59.8 Å². The van der Waals surface area contributed by atoms with E-state index >= 15 is 0 Å². The lowest BCUT2D eigenvalue weighted by Gasteiger charge is -2.37. The number of rotatable bonds is 6. The molecule has 2 aromatic rings. The molecular weight excluding hydrogens is 390 g/mol. The van der Waals surface area contributed by atoms with Gasteiger partial charge >= 0.3 is 0 Å². The molecule has 166 valence electrons. The third kappa shape index (κ3) is 6.18. The molecule has 0 saturated carbocycles.